The summed E-state index contributed by atoms with van der Waals surface area (Å²) < 4.78 is 0. The molecule has 1 amide bonds. The SMILES string of the molecule is C=C[C@@]1(N)C(=O)Nc2cc(C)ccc21. The number of benzene rings is 1. The van der Waals surface area contributed by atoms with E-state index < -0.39 is 5.54 Å². The van der Waals surface area contributed by atoms with Gasteiger partial charge in [0.05, 0.1) is 0 Å². The van der Waals surface area contributed by atoms with E-state index >= 15 is 0 Å². The maximum atomic E-state index is 11.6. The zero-order chi connectivity index (χ0) is 10.3. The minimum atomic E-state index is -1.07. The maximum Gasteiger partial charge on any atom is 0.253 e. The van der Waals surface area contributed by atoms with E-state index in [0.29, 0.717) is 0 Å². The maximum absolute atomic E-state index is 11.6. The summed E-state index contributed by atoms with van der Waals surface area (Å²) in [4.78, 5) is 11.6. The second-order valence-electron chi connectivity index (χ2n) is 3.58. The van der Waals surface area contributed by atoms with Gasteiger partial charge >= 0.3 is 0 Å². The lowest BCUT2D eigenvalue weighted by Gasteiger charge is -2.16. The topological polar surface area (TPSA) is 55.1 Å². The molecule has 1 aliphatic heterocycles. The first-order valence-electron chi connectivity index (χ1n) is 4.43. The van der Waals surface area contributed by atoms with Gasteiger partial charge in [-0.05, 0) is 18.6 Å². The Kier molecular flexibility index (Phi) is 1.72. The van der Waals surface area contributed by atoms with E-state index in [1.165, 1.54) is 6.08 Å². The molecule has 1 aromatic carbocycles. The van der Waals surface area contributed by atoms with Crippen molar-refractivity contribution in [1.82, 2.24) is 0 Å². The van der Waals surface area contributed by atoms with E-state index in [-0.39, 0.29) is 5.91 Å². The third kappa shape index (κ3) is 0.992. The second-order valence-corrected chi connectivity index (χ2v) is 3.58. The number of carbonyl (C=O) groups excluding carboxylic acids is 1. The van der Waals surface area contributed by atoms with Crippen LogP contribution in [0, 0.1) is 6.92 Å². The van der Waals surface area contributed by atoms with Crippen molar-refractivity contribution in [3.8, 4) is 0 Å². The normalized spacial score (nSPS) is 24.3. The molecular weight excluding hydrogens is 176 g/mol. The Hall–Kier alpha value is -1.61. The van der Waals surface area contributed by atoms with Crippen molar-refractivity contribution >= 4 is 11.6 Å². The summed E-state index contributed by atoms with van der Waals surface area (Å²) in [6.45, 7) is 5.57. The molecule has 14 heavy (non-hydrogen) atoms. The molecule has 0 bridgehead atoms. The lowest BCUT2D eigenvalue weighted by atomic mass is 9.92. The third-order valence-corrected chi connectivity index (χ3v) is 2.57. The number of anilines is 1. The zero-order valence-electron chi connectivity index (χ0n) is 8.00. The molecule has 3 nitrogen and oxygen atoms in total. The number of rotatable bonds is 1. The van der Waals surface area contributed by atoms with Gasteiger partial charge in [0.15, 0.2) is 0 Å². The van der Waals surface area contributed by atoms with Gasteiger partial charge in [-0.15, -0.1) is 6.58 Å². The van der Waals surface area contributed by atoms with Crippen molar-refractivity contribution < 1.29 is 4.79 Å². The number of nitrogens with one attached hydrogen (secondary N) is 1. The predicted octanol–water partition coefficient (Wildman–Crippen LogP) is 1.29. The van der Waals surface area contributed by atoms with Crippen molar-refractivity contribution in [2.75, 3.05) is 5.32 Å². The fraction of sp³-hybridized carbons (Fsp3) is 0.182. The van der Waals surface area contributed by atoms with Gasteiger partial charge < -0.3 is 11.1 Å². The van der Waals surface area contributed by atoms with Gasteiger partial charge in [-0.25, -0.2) is 0 Å². The average molecular weight is 188 g/mol. The van der Waals surface area contributed by atoms with Gasteiger partial charge in [-0.1, -0.05) is 18.2 Å². The molecule has 0 saturated carbocycles. The first-order valence-corrected chi connectivity index (χ1v) is 4.43. The molecule has 0 fully saturated rings. The lowest BCUT2D eigenvalue weighted by Crippen LogP contribution is -2.41. The number of fused-ring (bicyclic) bond motifs is 1. The van der Waals surface area contributed by atoms with Gasteiger partial charge in [0.1, 0.15) is 5.54 Å². The fourth-order valence-corrected chi connectivity index (χ4v) is 1.67. The standard InChI is InChI=1S/C11H12N2O/c1-3-11(12)8-5-4-7(2)6-9(8)13-10(11)14/h3-6H,1,12H2,2H3,(H,13,14)/t11-/m0/s1. The number of hydrogen-bond acceptors (Lipinski definition) is 2. The summed E-state index contributed by atoms with van der Waals surface area (Å²) >= 11 is 0. The average Bonchev–Trinajstić information content (AvgIpc) is 2.39. The molecule has 1 aromatic rings. The predicted molar refractivity (Wildman–Crippen MR) is 55.9 cm³/mol. The van der Waals surface area contributed by atoms with Gasteiger partial charge in [-0.2, -0.15) is 0 Å². The van der Waals surface area contributed by atoms with Crippen LogP contribution in [0.1, 0.15) is 11.1 Å². The molecule has 0 aromatic heterocycles. The van der Waals surface area contributed by atoms with Crippen LogP contribution in [0.4, 0.5) is 5.69 Å². The van der Waals surface area contributed by atoms with Crippen molar-refractivity contribution in [2.45, 2.75) is 12.5 Å². The quantitative estimate of drug-likeness (QED) is 0.652. The molecule has 2 rings (SSSR count). The van der Waals surface area contributed by atoms with Gasteiger partial charge in [0, 0.05) is 11.3 Å². The molecule has 72 valence electrons. The molecule has 0 aliphatic carbocycles. The highest BCUT2D eigenvalue weighted by Gasteiger charge is 2.40. The van der Waals surface area contributed by atoms with Crippen molar-refractivity contribution in [3.05, 3.63) is 42.0 Å². The Balaban J connectivity index is 2.64. The minimum Gasteiger partial charge on any atom is -0.324 e. The first kappa shape index (κ1) is 8.97. The molecule has 1 heterocycles. The Bertz CT molecular complexity index is 425. The van der Waals surface area contributed by atoms with Crippen LogP contribution in [0.2, 0.25) is 0 Å². The van der Waals surface area contributed by atoms with Crippen molar-refractivity contribution in [1.29, 1.82) is 0 Å². The molecule has 0 radical (unpaired) electrons. The molecule has 0 spiro atoms. The smallest absolute Gasteiger partial charge is 0.253 e. The summed E-state index contributed by atoms with van der Waals surface area (Å²) in [6.07, 6.45) is 1.48. The Labute approximate surface area is 82.6 Å². The van der Waals surface area contributed by atoms with Crippen LogP contribution < -0.4 is 11.1 Å². The van der Waals surface area contributed by atoms with E-state index in [2.05, 4.69) is 11.9 Å². The fourth-order valence-electron chi connectivity index (χ4n) is 1.67. The molecule has 1 atom stereocenters. The third-order valence-electron chi connectivity index (χ3n) is 2.57. The molecule has 1 aliphatic rings. The van der Waals surface area contributed by atoms with E-state index in [1.54, 1.807) is 0 Å². The van der Waals surface area contributed by atoms with E-state index in [9.17, 15) is 4.79 Å². The van der Waals surface area contributed by atoms with Crippen molar-refractivity contribution in [3.63, 3.8) is 0 Å². The Morgan fingerprint density at radius 2 is 2.29 bits per heavy atom. The minimum absolute atomic E-state index is 0.215. The molecule has 0 saturated heterocycles. The molecule has 3 heteroatoms. The van der Waals surface area contributed by atoms with Crippen LogP contribution in [0.15, 0.2) is 30.9 Å². The number of hydrogen-bond donors (Lipinski definition) is 2. The van der Waals surface area contributed by atoms with E-state index in [4.69, 9.17) is 5.73 Å². The number of amides is 1. The van der Waals surface area contributed by atoms with Crippen LogP contribution in [0.3, 0.4) is 0 Å². The number of nitrogens with two attached hydrogens (primary N) is 1. The largest absolute Gasteiger partial charge is 0.324 e. The Morgan fingerprint density at radius 3 is 2.93 bits per heavy atom. The highest BCUT2D eigenvalue weighted by molar-refractivity contribution is 6.07. The first-order chi connectivity index (χ1) is 6.58. The summed E-state index contributed by atoms with van der Waals surface area (Å²) in [5, 5.41) is 2.74. The summed E-state index contributed by atoms with van der Waals surface area (Å²) in [5.74, 6) is -0.215. The number of carbonyl (C=O) groups is 1. The van der Waals surface area contributed by atoms with Crippen LogP contribution in [0.5, 0.6) is 0 Å². The lowest BCUT2D eigenvalue weighted by molar-refractivity contribution is -0.119. The van der Waals surface area contributed by atoms with Crippen LogP contribution >= 0.6 is 0 Å². The van der Waals surface area contributed by atoms with Crippen molar-refractivity contribution in [2.24, 2.45) is 5.73 Å². The van der Waals surface area contributed by atoms with E-state index in [1.807, 2.05) is 25.1 Å². The summed E-state index contributed by atoms with van der Waals surface area (Å²) in [6, 6.07) is 5.71. The highest BCUT2D eigenvalue weighted by Crippen LogP contribution is 2.35. The summed E-state index contributed by atoms with van der Waals surface area (Å²) in [7, 11) is 0. The van der Waals surface area contributed by atoms with Gasteiger partial charge in [0.25, 0.3) is 5.91 Å². The Morgan fingerprint density at radius 1 is 1.57 bits per heavy atom. The molecular formula is C11H12N2O. The molecule has 0 unspecified atom stereocenters. The van der Waals surface area contributed by atoms with Crippen LogP contribution in [-0.2, 0) is 10.3 Å². The summed E-state index contributed by atoms with van der Waals surface area (Å²) in [5.41, 5.74) is 7.55. The second kappa shape index (κ2) is 2.69. The van der Waals surface area contributed by atoms with Crippen LogP contribution in [-0.4, -0.2) is 5.91 Å². The monoisotopic (exact) mass is 188 g/mol. The van der Waals surface area contributed by atoms with Gasteiger partial charge in [0.2, 0.25) is 0 Å². The van der Waals surface area contributed by atoms with Gasteiger partial charge in [-0.3, -0.25) is 4.79 Å². The molecule has 3 N–H and O–H groups in total. The van der Waals surface area contributed by atoms with Crippen LogP contribution in [0.25, 0.3) is 0 Å². The zero-order valence-corrected chi connectivity index (χ0v) is 8.00. The van der Waals surface area contributed by atoms with E-state index in [0.717, 1.165) is 16.8 Å². The number of aryl methyl sites for hydroxylation is 1. The highest BCUT2D eigenvalue weighted by atomic mass is 16.2.